The fraction of sp³-hybridized carbons (Fsp3) is 0.571. The number of nitrogens with zero attached hydrogens (tertiary/aromatic N) is 1. The summed E-state index contributed by atoms with van der Waals surface area (Å²) in [4.78, 5) is 2.39. The molecule has 3 unspecified atom stereocenters. The van der Waals surface area contributed by atoms with E-state index < -0.39 is 0 Å². The zero-order valence-corrected chi connectivity index (χ0v) is 9.90. The predicted octanol–water partition coefficient (Wildman–Crippen LogP) is 1.82. The van der Waals surface area contributed by atoms with Gasteiger partial charge in [0.15, 0.2) is 0 Å². The molecule has 3 atom stereocenters. The minimum Gasteiger partial charge on any atom is -0.396 e. The first-order valence-electron chi connectivity index (χ1n) is 6.33. The molecule has 2 fully saturated rings. The molecular weight excluding hydrogens is 217 g/mol. The first-order valence-corrected chi connectivity index (χ1v) is 6.33. The number of fused-ring (bicyclic) bond motifs is 1. The smallest absolute Gasteiger partial charge is 0.126 e. The molecule has 17 heavy (non-hydrogen) atoms. The van der Waals surface area contributed by atoms with Gasteiger partial charge in [-0.1, -0.05) is 18.2 Å². The van der Waals surface area contributed by atoms with Crippen molar-refractivity contribution < 1.29 is 9.50 Å². The van der Waals surface area contributed by atoms with Crippen molar-refractivity contribution >= 4 is 0 Å². The van der Waals surface area contributed by atoms with Crippen molar-refractivity contribution in [3.05, 3.63) is 35.6 Å². The van der Waals surface area contributed by atoms with Crippen molar-refractivity contribution in [3.8, 4) is 0 Å². The number of halogens is 1. The number of hydrogen-bond donors (Lipinski definition) is 1. The van der Waals surface area contributed by atoms with Gasteiger partial charge in [-0.05, 0) is 37.4 Å². The van der Waals surface area contributed by atoms with Crippen LogP contribution < -0.4 is 0 Å². The van der Waals surface area contributed by atoms with Gasteiger partial charge in [-0.2, -0.15) is 0 Å². The predicted molar refractivity (Wildman–Crippen MR) is 64.2 cm³/mol. The molecule has 92 valence electrons. The summed E-state index contributed by atoms with van der Waals surface area (Å²) >= 11 is 0. The molecule has 3 heteroatoms. The van der Waals surface area contributed by atoms with Gasteiger partial charge in [-0.3, -0.25) is 4.90 Å². The van der Waals surface area contributed by atoms with E-state index in [2.05, 4.69) is 4.90 Å². The van der Waals surface area contributed by atoms with Crippen molar-refractivity contribution in [2.24, 2.45) is 5.41 Å². The van der Waals surface area contributed by atoms with E-state index in [1.807, 2.05) is 12.1 Å². The van der Waals surface area contributed by atoms with Crippen molar-refractivity contribution in [1.82, 2.24) is 4.90 Å². The third kappa shape index (κ3) is 1.87. The summed E-state index contributed by atoms with van der Waals surface area (Å²) in [5.74, 6) is -0.141. The SMILES string of the molecule is OCC1(Cc2ccccc2F)CCCN2CC21. The van der Waals surface area contributed by atoms with E-state index in [1.54, 1.807) is 6.07 Å². The average molecular weight is 235 g/mol. The van der Waals surface area contributed by atoms with Crippen molar-refractivity contribution in [3.63, 3.8) is 0 Å². The molecule has 0 aromatic heterocycles. The molecule has 1 aromatic carbocycles. The van der Waals surface area contributed by atoms with Crippen LogP contribution in [0.4, 0.5) is 4.39 Å². The fourth-order valence-electron chi connectivity index (χ4n) is 3.27. The maximum atomic E-state index is 13.7. The van der Waals surface area contributed by atoms with Crippen LogP contribution in [0.2, 0.25) is 0 Å². The van der Waals surface area contributed by atoms with Gasteiger partial charge in [0, 0.05) is 18.0 Å². The summed E-state index contributed by atoms with van der Waals surface area (Å²) < 4.78 is 13.7. The Balaban J connectivity index is 1.85. The van der Waals surface area contributed by atoms with E-state index >= 15 is 0 Å². The molecule has 3 rings (SSSR count). The van der Waals surface area contributed by atoms with Crippen LogP contribution in [-0.4, -0.2) is 35.7 Å². The van der Waals surface area contributed by atoms with E-state index in [1.165, 1.54) is 6.07 Å². The molecule has 0 amide bonds. The second-order valence-electron chi connectivity index (χ2n) is 5.40. The zero-order valence-electron chi connectivity index (χ0n) is 9.90. The molecule has 0 saturated carbocycles. The molecule has 1 N–H and O–H groups in total. The lowest BCUT2D eigenvalue weighted by molar-refractivity contribution is 0.0754. The van der Waals surface area contributed by atoms with Gasteiger partial charge < -0.3 is 5.11 Å². The van der Waals surface area contributed by atoms with Crippen molar-refractivity contribution in [1.29, 1.82) is 0 Å². The van der Waals surface area contributed by atoms with Gasteiger partial charge in [-0.25, -0.2) is 4.39 Å². The number of piperidine rings is 1. The Morgan fingerprint density at radius 3 is 3.00 bits per heavy atom. The Hall–Kier alpha value is -0.930. The maximum absolute atomic E-state index is 13.7. The van der Waals surface area contributed by atoms with Crippen molar-refractivity contribution in [2.45, 2.75) is 25.3 Å². The van der Waals surface area contributed by atoms with Gasteiger partial charge >= 0.3 is 0 Å². The lowest BCUT2D eigenvalue weighted by Gasteiger charge is -2.36. The lowest BCUT2D eigenvalue weighted by atomic mass is 9.74. The normalized spacial score (nSPS) is 35.4. The summed E-state index contributed by atoms with van der Waals surface area (Å²) in [5, 5.41) is 9.74. The summed E-state index contributed by atoms with van der Waals surface area (Å²) in [7, 11) is 0. The number of aliphatic hydroxyl groups excluding tert-OH is 1. The second-order valence-corrected chi connectivity index (χ2v) is 5.40. The quantitative estimate of drug-likeness (QED) is 0.808. The third-order valence-corrected chi connectivity index (χ3v) is 4.36. The Labute approximate surface area is 101 Å². The molecule has 0 aliphatic carbocycles. The van der Waals surface area contributed by atoms with E-state index in [4.69, 9.17) is 0 Å². The molecule has 2 aliphatic rings. The van der Waals surface area contributed by atoms with Crippen LogP contribution in [0.5, 0.6) is 0 Å². The molecule has 2 saturated heterocycles. The van der Waals surface area contributed by atoms with Crippen LogP contribution in [0.15, 0.2) is 24.3 Å². The maximum Gasteiger partial charge on any atom is 0.126 e. The first-order chi connectivity index (χ1) is 8.25. The third-order valence-electron chi connectivity index (χ3n) is 4.36. The Morgan fingerprint density at radius 2 is 2.24 bits per heavy atom. The summed E-state index contributed by atoms with van der Waals surface area (Å²) in [6.45, 7) is 2.39. The van der Waals surface area contributed by atoms with E-state index in [-0.39, 0.29) is 17.8 Å². The topological polar surface area (TPSA) is 23.2 Å². The van der Waals surface area contributed by atoms with Crippen LogP contribution in [0.3, 0.4) is 0 Å². The zero-order chi connectivity index (χ0) is 11.9. The number of hydrogen-bond acceptors (Lipinski definition) is 2. The molecule has 2 nitrogen and oxygen atoms in total. The molecule has 2 heterocycles. The van der Waals surface area contributed by atoms with Crippen LogP contribution >= 0.6 is 0 Å². The van der Waals surface area contributed by atoms with Crippen LogP contribution in [-0.2, 0) is 6.42 Å². The second kappa shape index (κ2) is 4.07. The highest BCUT2D eigenvalue weighted by Gasteiger charge is 2.53. The highest BCUT2D eigenvalue weighted by atomic mass is 19.1. The molecular formula is C14H18FNO. The standard InChI is InChI=1S/C14H18FNO/c15-12-5-2-1-4-11(12)8-14(10-17)6-3-7-16-9-13(14)16/h1-2,4-5,13,17H,3,6-10H2. The largest absolute Gasteiger partial charge is 0.396 e. The fourth-order valence-corrected chi connectivity index (χ4v) is 3.27. The number of rotatable bonds is 3. The van der Waals surface area contributed by atoms with E-state index in [9.17, 15) is 9.50 Å². The molecule has 1 aromatic rings. The van der Waals surface area contributed by atoms with Crippen molar-refractivity contribution in [2.75, 3.05) is 19.7 Å². The molecule has 0 spiro atoms. The lowest BCUT2D eigenvalue weighted by Crippen LogP contribution is -2.40. The Morgan fingerprint density at radius 1 is 1.41 bits per heavy atom. The monoisotopic (exact) mass is 235 g/mol. The molecule has 0 bridgehead atoms. The summed E-state index contributed by atoms with van der Waals surface area (Å²) in [5.41, 5.74) is 0.635. The molecule has 0 radical (unpaired) electrons. The van der Waals surface area contributed by atoms with Crippen LogP contribution in [0.1, 0.15) is 18.4 Å². The summed E-state index contributed by atoms with van der Waals surface area (Å²) in [6, 6.07) is 7.41. The van der Waals surface area contributed by atoms with Gasteiger partial charge in [0.2, 0.25) is 0 Å². The van der Waals surface area contributed by atoms with Gasteiger partial charge in [0.25, 0.3) is 0 Å². The minimum atomic E-state index is -0.141. The van der Waals surface area contributed by atoms with Gasteiger partial charge in [0.1, 0.15) is 5.82 Å². The molecule has 2 aliphatic heterocycles. The highest BCUT2D eigenvalue weighted by Crippen LogP contribution is 2.46. The highest BCUT2D eigenvalue weighted by molar-refractivity contribution is 5.22. The van der Waals surface area contributed by atoms with E-state index in [0.29, 0.717) is 12.5 Å². The van der Waals surface area contributed by atoms with Crippen LogP contribution in [0.25, 0.3) is 0 Å². The summed E-state index contributed by atoms with van der Waals surface area (Å²) in [6.07, 6.45) is 2.79. The number of benzene rings is 1. The van der Waals surface area contributed by atoms with Crippen LogP contribution in [0, 0.1) is 11.2 Å². The van der Waals surface area contributed by atoms with Gasteiger partial charge in [0.05, 0.1) is 6.61 Å². The average Bonchev–Trinajstić information content (AvgIpc) is 3.12. The number of aliphatic hydroxyl groups is 1. The minimum absolute atomic E-state index is 0.111. The van der Waals surface area contributed by atoms with E-state index in [0.717, 1.165) is 31.5 Å². The Kier molecular flexibility index (Phi) is 2.68. The van der Waals surface area contributed by atoms with Gasteiger partial charge in [-0.15, -0.1) is 0 Å². The Bertz CT molecular complexity index is 422. The first kappa shape index (κ1) is 11.2.